The molecule has 238 valence electrons. The van der Waals surface area contributed by atoms with Gasteiger partial charge < -0.3 is 16.4 Å². The standard InChI is InChI=1S/C27H39F5N4O5S/c1-17-15-22(34-18(2)37)8-7-20(17)9-14-42(40,41)36-12-10-25(11-13-36,24(33)39)35-23(38)21-5-3-19(4-6-21)16-26(28,29)27(30,31)32/h7-8,19,21-22H,3-6,9-16H2,1-2H3,(H2,33,39)(H,34,37)(H,35,38). The number of allylic oxidation sites excluding steroid dienone is 2. The number of halogens is 5. The summed E-state index contributed by atoms with van der Waals surface area (Å²) >= 11 is 0. The van der Waals surface area contributed by atoms with Gasteiger partial charge >= 0.3 is 12.1 Å². The van der Waals surface area contributed by atoms with Crippen molar-refractivity contribution in [1.29, 1.82) is 0 Å². The van der Waals surface area contributed by atoms with Crippen LogP contribution in [0.1, 0.15) is 71.6 Å². The molecule has 0 radical (unpaired) electrons. The maximum Gasteiger partial charge on any atom is 0.453 e. The van der Waals surface area contributed by atoms with Crippen LogP contribution in [0.3, 0.4) is 0 Å². The van der Waals surface area contributed by atoms with Gasteiger partial charge in [-0.05, 0) is 69.8 Å². The summed E-state index contributed by atoms with van der Waals surface area (Å²) in [6.45, 7) is 3.20. The van der Waals surface area contributed by atoms with Crippen LogP contribution in [0.5, 0.6) is 0 Å². The van der Waals surface area contributed by atoms with Crippen molar-refractivity contribution in [2.24, 2.45) is 17.6 Å². The van der Waals surface area contributed by atoms with E-state index in [1.807, 2.05) is 19.1 Å². The molecule has 1 saturated heterocycles. The average molecular weight is 627 g/mol. The lowest BCUT2D eigenvalue weighted by atomic mass is 9.78. The zero-order valence-corrected chi connectivity index (χ0v) is 24.6. The smallest absolute Gasteiger partial charge is 0.368 e. The minimum atomic E-state index is -5.63. The van der Waals surface area contributed by atoms with Crippen LogP contribution < -0.4 is 16.4 Å². The first-order chi connectivity index (χ1) is 19.3. The largest absolute Gasteiger partial charge is 0.453 e. The van der Waals surface area contributed by atoms with Gasteiger partial charge in [0, 0.05) is 32.4 Å². The maximum absolute atomic E-state index is 13.4. The molecule has 15 heteroatoms. The van der Waals surface area contributed by atoms with Gasteiger partial charge in [0.2, 0.25) is 27.7 Å². The number of nitrogens with two attached hydrogens (primary N) is 1. The van der Waals surface area contributed by atoms with E-state index in [-0.39, 0.29) is 75.7 Å². The van der Waals surface area contributed by atoms with Crippen molar-refractivity contribution in [2.45, 2.75) is 95.3 Å². The van der Waals surface area contributed by atoms with Crippen molar-refractivity contribution in [2.75, 3.05) is 18.8 Å². The van der Waals surface area contributed by atoms with Gasteiger partial charge in [0.05, 0.1) is 11.8 Å². The highest BCUT2D eigenvalue weighted by Crippen LogP contribution is 2.44. The Morgan fingerprint density at radius 1 is 1.07 bits per heavy atom. The van der Waals surface area contributed by atoms with E-state index in [0.717, 1.165) is 11.1 Å². The van der Waals surface area contributed by atoms with Crippen LogP contribution in [0.15, 0.2) is 23.3 Å². The van der Waals surface area contributed by atoms with Crippen molar-refractivity contribution in [3.05, 3.63) is 23.3 Å². The van der Waals surface area contributed by atoms with Gasteiger partial charge in [-0.15, -0.1) is 0 Å². The zero-order valence-electron chi connectivity index (χ0n) is 23.7. The van der Waals surface area contributed by atoms with E-state index in [9.17, 15) is 44.8 Å². The average Bonchev–Trinajstić information content (AvgIpc) is 2.87. The first-order valence-electron chi connectivity index (χ1n) is 14.0. The zero-order chi connectivity index (χ0) is 31.5. The molecule has 3 aliphatic rings. The predicted octanol–water partition coefficient (Wildman–Crippen LogP) is 3.32. The second-order valence-electron chi connectivity index (χ2n) is 11.7. The number of amides is 3. The fourth-order valence-corrected chi connectivity index (χ4v) is 7.43. The molecule has 2 fully saturated rings. The summed E-state index contributed by atoms with van der Waals surface area (Å²) in [5.41, 5.74) is 5.98. The summed E-state index contributed by atoms with van der Waals surface area (Å²) in [6, 6.07) is -0.142. The van der Waals surface area contributed by atoms with E-state index in [4.69, 9.17) is 5.73 Å². The van der Waals surface area contributed by atoms with Gasteiger partial charge in [0.1, 0.15) is 5.54 Å². The van der Waals surface area contributed by atoms with Crippen molar-refractivity contribution in [3.63, 3.8) is 0 Å². The van der Waals surface area contributed by atoms with Gasteiger partial charge in [-0.1, -0.05) is 17.7 Å². The molecule has 0 aromatic heterocycles. The lowest BCUT2D eigenvalue weighted by Gasteiger charge is -2.40. The molecule has 0 aromatic carbocycles. The predicted molar refractivity (Wildman–Crippen MR) is 144 cm³/mol. The Labute approximate surface area is 242 Å². The highest BCUT2D eigenvalue weighted by molar-refractivity contribution is 7.89. The summed E-state index contributed by atoms with van der Waals surface area (Å²) in [5, 5.41) is 5.46. The highest BCUT2D eigenvalue weighted by Gasteiger charge is 2.58. The van der Waals surface area contributed by atoms with Crippen LogP contribution in [0, 0.1) is 11.8 Å². The van der Waals surface area contributed by atoms with E-state index in [1.54, 1.807) is 0 Å². The van der Waals surface area contributed by atoms with Crippen LogP contribution in [0.25, 0.3) is 0 Å². The minimum absolute atomic E-state index is 0.0122. The lowest BCUT2D eigenvalue weighted by Crippen LogP contribution is -2.63. The molecule has 1 aliphatic heterocycles. The molecular weight excluding hydrogens is 587 g/mol. The molecular formula is C27H39F5N4O5S. The van der Waals surface area contributed by atoms with Crippen molar-refractivity contribution in [3.8, 4) is 0 Å². The lowest BCUT2D eigenvalue weighted by molar-refractivity contribution is -0.288. The van der Waals surface area contributed by atoms with E-state index in [0.29, 0.717) is 6.42 Å². The molecule has 1 atom stereocenters. The van der Waals surface area contributed by atoms with Crippen LogP contribution >= 0.6 is 0 Å². The Bertz CT molecular complexity index is 1200. The molecule has 3 rings (SSSR count). The number of sulfonamides is 1. The molecule has 0 bridgehead atoms. The monoisotopic (exact) mass is 626 g/mol. The number of primary amides is 1. The fraction of sp³-hybridized carbons (Fsp3) is 0.741. The summed E-state index contributed by atoms with van der Waals surface area (Å²) in [4.78, 5) is 36.7. The van der Waals surface area contributed by atoms with Crippen LogP contribution in [-0.4, -0.2) is 73.0 Å². The van der Waals surface area contributed by atoms with Crippen LogP contribution in [0.2, 0.25) is 0 Å². The number of rotatable bonds is 10. The molecule has 1 unspecified atom stereocenters. The SMILES string of the molecule is CC(=O)NC1C=CC(CCS(=O)(=O)N2CCC(NC(=O)C3CCC(CC(F)(F)C(F)(F)F)CC3)(C(N)=O)CC2)=C(C)C1. The summed E-state index contributed by atoms with van der Waals surface area (Å²) < 4.78 is 91.9. The topological polar surface area (TPSA) is 139 Å². The first kappa shape index (κ1) is 33.9. The van der Waals surface area contributed by atoms with Crippen molar-refractivity contribution in [1.82, 2.24) is 14.9 Å². The third kappa shape index (κ3) is 8.29. The number of carbonyl (C=O) groups is 3. The molecule has 0 aromatic rings. The Hall–Kier alpha value is -2.55. The van der Waals surface area contributed by atoms with Gasteiger partial charge in [-0.2, -0.15) is 22.0 Å². The number of hydrogen-bond acceptors (Lipinski definition) is 5. The minimum Gasteiger partial charge on any atom is -0.368 e. The molecule has 3 amide bonds. The number of carbonyl (C=O) groups excluding carboxylic acids is 3. The Morgan fingerprint density at radius 2 is 1.67 bits per heavy atom. The normalized spacial score (nSPS) is 25.6. The van der Waals surface area contributed by atoms with Gasteiger partial charge in [0.15, 0.2) is 0 Å². The van der Waals surface area contributed by atoms with Crippen molar-refractivity contribution < 1.29 is 44.8 Å². The number of piperidine rings is 1. The van der Waals surface area contributed by atoms with Gasteiger partial charge in [-0.25, -0.2) is 12.7 Å². The molecule has 0 spiro atoms. The third-order valence-electron chi connectivity index (χ3n) is 8.60. The number of alkyl halides is 5. The highest BCUT2D eigenvalue weighted by atomic mass is 32.2. The molecule has 42 heavy (non-hydrogen) atoms. The summed E-state index contributed by atoms with van der Waals surface area (Å²) in [7, 11) is -3.71. The summed E-state index contributed by atoms with van der Waals surface area (Å²) in [5.74, 6) is -8.05. The second kappa shape index (κ2) is 13.0. The maximum atomic E-state index is 13.4. The van der Waals surface area contributed by atoms with Crippen LogP contribution in [-0.2, 0) is 24.4 Å². The Kier molecular flexibility index (Phi) is 10.5. The molecule has 4 N–H and O–H groups in total. The quantitative estimate of drug-likeness (QED) is 0.320. The van der Waals surface area contributed by atoms with E-state index >= 15 is 0 Å². The van der Waals surface area contributed by atoms with E-state index in [1.165, 1.54) is 11.2 Å². The molecule has 1 heterocycles. The van der Waals surface area contributed by atoms with E-state index < -0.39 is 57.7 Å². The van der Waals surface area contributed by atoms with Gasteiger partial charge in [-0.3, -0.25) is 14.4 Å². The molecule has 9 nitrogen and oxygen atoms in total. The van der Waals surface area contributed by atoms with Gasteiger partial charge in [0.25, 0.3) is 0 Å². The number of nitrogens with one attached hydrogen (secondary N) is 2. The van der Waals surface area contributed by atoms with Crippen molar-refractivity contribution >= 4 is 27.7 Å². The fourth-order valence-electron chi connectivity index (χ4n) is 5.95. The molecule has 1 saturated carbocycles. The Balaban J connectivity index is 1.52. The van der Waals surface area contributed by atoms with E-state index in [2.05, 4.69) is 10.6 Å². The second-order valence-corrected chi connectivity index (χ2v) is 13.8. The van der Waals surface area contributed by atoms with Crippen LogP contribution in [0.4, 0.5) is 22.0 Å². The summed E-state index contributed by atoms with van der Waals surface area (Å²) in [6.07, 6.45) is -2.37. The Morgan fingerprint density at radius 3 is 2.17 bits per heavy atom. The molecule has 2 aliphatic carbocycles. The number of hydrogen-bond donors (Lipinski definition) is 3. The first-order valence-corrected chi connectivity index (χ1v) is 15.6. The third-order valence-corrected chi connectivity index (χ3v) is 10.5. The number of nitrogens with zero attached hydrogens (tertiary/aromatic N) is 1.